The molecule has 0 saturated heterocycles. The summed E-state index contributed by atoms with van der Waals surface area (Å²) in [6.45, 7) is 0.114. The van der Waals surface area contributed by atoms with Crippen LogP contribution in [0.15, 0.2) is 48.5 Å². The number of amides is 2. The van der Waals surface area contributed by atoms with E-state index in [9.17, 15) is 14.0 Å². The summed E-state index contributed by atoms with van der Waals surface area (Å²) in [7, 11) is 0. The van der Waals surface area contributed by atoms with Crippen LogP contribution in [0.5, 0.6) is 0 Å². The van der Waals surface area contributed by atoms with E-state index in [1.807, 2.05) is 0 Å². The molecule has 0 bridgehead atoms. The molecule has 128 valence electrons. The number of nitrogens with zero attached hydrogens (tertiary/aromatic N) is 1. The second kappa shape index (κ2) is 7.78. The van der Waals surface area contributed by atoms with Crippen LogP contribution in [0.2, 0.25) is 0 Å². The topological polar surface area (TPSA) is 133 Å². The Bertz CT molecular complexity index is 716. The Morgan fingerprint density at radius 2 is 1.54 bits per heavy atom. The fourth-order valence-corrected chi connectivity index (χ4v) is 2.67. The van der Waals surface area contributed by atoms with Gasteiger partial charge in [-0.15, -0.1) is 0 Å². The van der Waals surface area contributed by atoms with Gasteiger partial charge in [-0.05, 0) is 36.2 Å². The summed E-state index contributed by atoms with van der Waals surface area (Å²) in [6.07, 6.45) is 0.394. The lowest BCUT2D eigenvalue weighted by atomic mass is 10.1. The molecule has 24 heavy (non-hydrogen) atoms. The van der Waals surface area contributed by atoms with Gasteiger partial charge in [0.2, 0.25) is 0 Å². The molecular formula is C17H21FN4O2. The van der Waals surface area contributed by atoms with Crippen LogP contribution in [0.25, 0.3) is 0 Å². The highest BCUT2D eigenvalue weighted by molar-refractivity contribution is 6.21. The molecule has 0 radical (unpaired) electrons. The summed E-state index contributed by atoms with van der Waals surface area (Å²) in [5, 5.41) is 0. The van der Waals surface area contributed by atoms with Gasteiger partial charge in [0.25, 0.3) is 11.8 Å². The van der Waals surface area contributed by atoms with Crippen molar-refractivity contribution in [1.82, 2.24) is 17.2 Å². The van der Waals surface area contributed by atoms with Gasteiger partial charge in [0, 0.05) is 12.6 Å². The average Bonchev–Trinajstić information content (AvgIpc) is 2.73. The molecule has 2 aromatic rings. The van der Waals surface area contributed by atoms with Gasteiger partial charge in [-0.25, -0.2) is 4.39 Å². The Balaban J connectivity index is 0.00000144. The van der Waals surface area contributed by atoms with E-state index in [4.69, 9.17) is 5.73 Å². The van der Waals surface area contributed by atoms with Crippen LogP contribution in [0.3, 0.4) is 0 Å². The molecule has 2 aromatic carbocycles. The molecule has 1 heterocycles. The zero-order valence-electron chi connectivity index (χ0n) is 13.2. The zero-order valence-corrected chi connectivity index (χ0v) is 13.2. The van der Waals surface area contributed by atoms with Gasteiger partial charge in [-0.2, -0.15) is 0 Å². The maximum absolute atomic E-state index is 13.2. The average molecular weight is 332 g/mol. The van der Waals surface area contributed by atoms with Crippen LogP contribution in [-0.2, 0) is 6.42 Å². The van der Waals surface area contributed by atoms with Crippen molar-refractivity contribution in [1.29, 1.82) is 0 Å². The third kappa shape index (κ3) is 3.65. The number of carbonyl (C=O) groups excluding carboxylic acids is 2. The van der Waals surface area contributed by atoms with Crippen LogP contribution in [-0.4, -0.2) is 29.3 Å². The van der Waals surface area contributed by atoms with Gasteiger partial charge in [-0.3, -0.25) is 14.5 Å². The molecule has 0 spiro atoms. The molecule has 0 aromatic heterocycles. The van der Waals surface area contributed by atoms with E-state index < -0.39 is 6.04 Å². The molecular weight excluding hydrogens is 311 g/mol. The SMILES string of the molecule is N.N.N[C@@H](Cc1cccc(F)c1)CN1C(=O)c2ccccc2C1=O. The van der Waals surface area contributed by atoms with E-state index in [-0.39, 0.29) is 36.5 Å². The van der Waals surface area contributed by atoms with Crippen molar-refractivity contribution in [2.75, 3.05) is 6.54 Å². The molecule has 0 unspecified atom stereocenters. The van der Waals surface area contributed by atoms with Crippen molar-refractivity contribution < 1.29 is 14.0 Å². The quantitative estimate of drug-likeness (QED) is 0.739. The highest BCUT2D eigenvalue weighted by Gasteiger charge is 2.35. The number of nitrogens with two attached hydrogens (primary N) is 1. The maximum Gasteiger partial charge on any atom is 0.261 e. The molecule has 1 atom stereocenters. The third-order valence-electron chi connectivity index (χ3n) is 3.68. The number of benzene rings is 2. The summed E-state index contributed by atoms with van der Waals surface area (Å²) in [5.41, 5.74) is 7.58. The summed E-state index contributed by atoms with van der Waals surface area (Å²) >= 11 is 0. The lowest BCUT2D eigenvalue weighted by Gasteiger charge is -2.19. The first-order valence-corrected chi connectivity index (χ1v) is 7.01. The lowest BCUT2D eigenvalue weighted by Crippen LogP contribution is -2.41. The van der Waals surface area contributed by atoms with E-state index in [1.54, 1.807) is 36.4 Å². The van der Waals surface area contributed by atoms with Gasteiger partial charge in [0.05, 0.1) is 11.1 Å². The van der Waals surface area contributed by atoms with Gasteiger partial charge in [0.1, 0.15) is 5.82 Å². The van der Waals surface area contributed by atoms with Crippen molar-refractivity contribution >= 4 is 11.8 Å². The minimum atomic E-state index is -0.441. The monoisotopic (exact) mass is 332 g/mol. The number of carbonyl (C=O) groups is 2. The van der Waals surface area contributed by atoms with E-state index in [0.717, 1.165) is 10.5 Å². The minimum Gasteiger partial charge on any atom is -0.344 e. The highest BCUT2D eigenvalue weighted by atomic mass is 19.1. The summed E-state index contributed by atoms with van der Waals surface area (Å²) in [5.74, 6) is -0.976. The van der Waals surface area contributed by atoms with Crippen molar-refractivity contribution in [3.8, 4) is 0 Å². The second-order valence-electron chi connectivity index (χ2n) is 5.36. The fourth-order valence-electron chi connectivity index (χ4n) is 2.67. The van der Waals surface area contributed by atoms with Crippen LogP contribution in [0.1, 0.15) is 26.3 Å². The Morgan fingerprint density at radius 1 is 0.958 bits per heavy atom. The van der Waals surface area contributed by atoms with E-state index >= 15 is 0 Å². The Morgan fingerprint density at radius 3 is 2.08 bits per heavy atom. The second-order valence-corrected chi connectivity index (χ2v) is 5.36. The molecule has 8 N–H and O–H groups in total. The predicted molar refractivity (Wildman–Crippen MR) is 89.9 cm³/mol. The Hall–Kier alpha value is -2.61. The lowest BCUT2D eigenvalue weighted by molar-refractivity contribution is 0.0644. The number of hydrogen-bond acceptors (Lipinski definition) is 5. The maximum atomic E-state index is 13.2. The smallest absolute Gasteiger partial charge is 0.261 e. The Labute approximate surface area is 139 Å². The molecule has 7 heteroatoms. The zero-order chi connectivity index (χ0) is 15.7. The number of fused-ring (bicyclic) bond motifs is 1. The number of imide groups is 1. The Kier molecular flexibility index (Phi) is 6.30. The molecule has 1 aliphatic rings. The molecule has 0 aliphatic carbocycles. The van der Waals surface area contributed by atoms with Crippen molar-refractivity contribution in [3.05, 3.63) is 71.0 Å². The molecule has 1 aliphatic heterocycles. The van der Waals surface area contributed by atoms with E-state index in [2.05, 4.69) is 0 Å². The van der Waals surface area contributed by atoms with Gasteiger partial charge in [0.15, 0.2) is 0 Å². The van der Waals surface area contributed by atoms with Crippen molar-refractivity contribution in [2.45, 2.75) is 12.5 Å². The number of halogens is 1. The summed E-state index contributed by atoms with van der Waals surface area (Å²) in [6, 6.07) is 12.4. The molecule has 0 saturated carbocycles. The minimum absolute atomic E-state index is 0. The first kappa shape index (κ1) is 19.4. The summed E-state index contributed by atoms with van der Waals surface area (Å²) in [4.78, 5) is 25.6. The van der Waals surface area contributed by atoms with Crippen LogP contribution >= 0.6 is 0 Å². The molecule has 3 rings (SSSR count). The first-order valence-electron chi connectivity index (χ1n) is 7.01. The normalized spacial score (nSPS) is 13.8. The van der Waals surface area contributed by atoms with Gasteiger partial charge in [-0.1, -0.05) is 24.3 Å². The highest BCUT2D eigenvalue weighted by Crippen LogP contribution is 2.22. The number of hydrogen-bond donors (Lipinski definition) is 3. The fraction of sp³-hybridized carbons (Fsp3) is 0.176. The van der Waals surface area contributed by atoms with Crippen LogP contribution < -0.4 is 18.0 Å². The van der Waals surface area contributed by atoms with Crippen molar-refractivity contribution in [2.24, 2.45) is 5.73 Å². The van der Waals surface area contributed by atoms with Crippen LogP contribution in [0, 0.1) is 5.82 Å². The first-order chi connectivity index (χ1) is 10.6. The number of rotatable bonds is 4. The van der Waals surface area contributed by atoms with Crippen molar-refractivity contribution in [3.63, 3.8) is 0 Å². The van der Waals surface area contributed by atoms with Crippen LogP contribution in [0.4, 0.5) is 4.39 Å². The predicted octanol–water partition coefficient (Wildman–Crippen LogP) is 2.32. The van der Waals surface area contributed by atoms with E-state index in [1.165, 1.54) is 12.1 Å². The standard InChI is InChI=1S/C17H15FN2O2.2H3N/c18-12-5-3-4-11(8-12)9-13(19)10-20-16(21)14-6-1-2-7-15(14)17(20)22;;/h1-8,13H,9-10,19H2;2*1H3/t13-;;/m0../s1. The third-order valence-corrected chi connectivity index (χ3v) is 3.68. The summed E-state index contributed by atoms with van der Waals surface area (Å²) < 4.78 is 13.2. The molecule has 2 amide bonds. The molecule has 0 fully saturated rings. The largest absolute Gasteiger partial charge is 0.344 e. The van der Waals surface area contributed by atoms with Gasteiger partial charge >= 0.3 is 0 Å². The van der Waals surface area contributed by atoms with E-state index in [0.29, 0.717) is 17.5 Å². The molecule has 6 nitrogen and oxygen atoms in total. The van der Waals surface area contributed by atoms with Gasteiger partial charge < -0.3 is 18.0 Å².